The van der Waals surface area contributed by atoms with Crippen molar-refractivity contribution < 1.29 is 4.42 Å². The molecule has 98 valence electrons. The van der Waals surface area contributed by atoms with Crippen molar-refractivity contribution in [2.24, 2.45) is 0 Å². The van der Waals surface area contributed by atoms with Crippen molar-refractivity contribution in [2.75, 3.05) is 7.05 Å². The van der Waals surface area contributed by atoms with E-state index in [4.69, 9.17) is 16.0 Å². The molecule has 1 atom stereocenters. The monoisotopic (exact) mass is 267 g/mol. The number of nitrogens with one attached hydrogen (secondary N) is 1. The van der Waals surface area contributed by atoms with Gasteiger partial charge in [0.25, 0.3) is 0 Å². The Morgan fingerprint density at radius 1 is 1.56 bits per heavy atom. The van der Waals surface area contributed by atoms with E-state index in [1.54, 1.807) is 6.26 Å². The minimum Gasteiger partial charge on any atom is -0.468 e. The number of likely N-dealkylation sites (N-methyl/N-ethyl adjacent to an activating group) is 1. The van der Waals surface area contributed by atoms with E-state index in [1.807, 2.05) is 30.8 Å². The summed E-state index contributed by atoms with van der Waals surface area (Å²) in [4.78, 5) is 0. The van der Waals surface area contributed by atoms with Gasteiger partial charge in [-0.3, -0.25) is 4.68 Å². The number of furan rings is 1. The summed E-state index contributed by atoms with van der Waals surface area (Å²) in [5, 5.41) is 8.42. The molecule has 0 radical (unpaired) electrons. The Labute approximate surface area is 112 Å². The molecule has 0 spiro atoms. The van der Waals surface area contributed by atoms with Gasteiger partial charge in [0.2, 0.25) is 0 Å². The van der Waals surface area contributed by atoms with Gasteiger partial charge in [0.05, 0.1) is 28.7 Å². The maximum absolute atomic E-state index is 6.31. The van der Waals surface area contributed by atoms with Crippen molar-refractivity contribution in [2.45, 2.75) is 32.9 Å². The third-order valence-corrected chi connectivity index (χ3v) is 3.58. The molecule has 0 fully saturated rings. The molecule has 18 heavy (non-hydrogen) atoms. The second-order valence-corrected chi connectivity index (χ2v) is 4.60. The lowest BCUT2D eigenvalue weighted by Crippen LogP contribution is -2.20. The molecule has 0 aliphatic carbocycles. The summed E-state index contributed by atoms with van der Waals surface area (Å²) in [7, 11) is 1.92. The Balaban J connectivity index is 2.27. The van der Waals surface area contributed by atoms with Crippen molar-refractivity contribution in [3.8, 4) is 0 Å². The molecule has 2 aromatic heterocycles. The van der Waals surface area contributed by atoms with Crippen molar-refractivity contribution >= 4 is 11.6 Å². The lowest BCUT2D eigenvalue weighted by Gasteiger charge is -2.14. The summed E-state index contributed by atoms with van der Waals surface area (Å²) >= 11 is 6.31. The van der Waals surface area contributed by atoms with Crippen LogP contribution in [0.2, 0.25) is 5.02 Å². The molecule has 0 aliphatic heterocycles. The Morgan fingerprint density at radius 2 is 2.33 bits per heavy atom. The molecular weight excluding hydrogens is 250 g/mol. The highest BCUT2D eigenvalue weighted by atomic mass is 35.5. The third-order valence-electron chi connectivity index (χ3n) is 3.09. The van der Waals surface area contributed by atoms with Gasteiger partial charge in [-0.05, 0) is 33.0 Å². The Kier molecular flexibility index (Phi) is 4.09. The lowest BCUT2D eigenvalue weighted by atomic mass is 10.1. The third kappa shape index (κ3) is 2.44. The number of rotatable bonds is 5. The SMILES string of the molecule is CCn1nc(C)c(Cl)c1CC(NC)c1ccco1. The van der Waals surface area contributed by atoms with Crippen molar-refractivity contribution in [3.05, 3.63) is 40.6 Å². The number of halogens is 1. The zero-order chi connectivity index (χ0) is 13.1. The van der Waals surface area contributed by atoms with E-state index in [2.05, 4.69) is 17.3 Å². The second kappa shape index (κ2) is 5.59. The van der Waals surface area contributed by atoms with Crippen LogP contribution in [0, 0.1) is 6.92 Å². The Hall–Kier alpha value is -1.26. The van der Waals surface area contributed by atoms with Gasteiger partial charge in [0.15, 0.2) is 0 Å². The first-order valence-corrected chi connectivity index (χ1v) is 6.47. The average molecular weight is 268 g/mol. The van der Waals surface area contributed by atoms with Crippen molar-refractivity contribution in [1.82, 2.24) is 15.1 Å². The highest BCUT2D eigenvalue weighted by Gasteiger charge is 2.19. The van der Waals surface area contributed by atoms with Crippen molar-refractivity contribution in [1.29, 1.82) is 0 Å². The van der Waals surface area contributed by atoms with Crippen LogP contribution in [0.1, 0.15) is 30.1 Å². The largest absolute Gasteiger partial charge is 0.468 e. The topological polar surface area (TPSA) is 43.0 Å². The van der Waals surface area contributed by atoms with Gasteiger partial charge >= 0.3 is 0 Å². The quantitative estimate of drug-likeness (QED) is 0.906. The smallest absolute Gasteiger partial charge is 0.121 e. The van der Waals surface area contributed by atoms with Crippen LogP contribution in [0.15, 0.2) is 22.8 Å². The molecule has 2 heterocycles. The predicted octanol–water partition coefficient (Wildman–Crippen LogP) is 2.96. The lowest BCUT2D eigenvalue weighted by molar-refractivity contribution is 0.421. The molecule has 1 unspecified atom stereocenters. The zero-order valence-corrected chi connectivity index (χ0v) is 11.7. The van der Waals surface area contributed by atoms with E-state index in [0.29, 0.717) is 0 Å². The van der Waals surface area contributed by atoms with E-state index in [1.165, 1.54) is 0 Å². The Bertz CT molecular complexity index is 505. The molecule has 2 rings (SSSR count). The van der Waals surface area contributed by atoms with Gasteiger partial charge < -0.3 is 9.73 Å². The first-order valence-electron chi connectivity index (χ1n) is 6.09. The number of hydrogen-bond donors (Lipinski definition) is 1. The standard InChI is InChI=1S/C13H18ClN3O/c1-4-17-11(13(14)9(2)16-17)8-10(15-3)12-6-5-7-18-12/h5-7,10,15H,4,8H2,1-3H3. The van der Waals surface area contributed by atoms with Crippen LogP contribution >= 0.6 is 11.6 Å². The van der Waals surface area contributed by atoms with Crippen molar-refractivity contribution in [3.63, 3.8) is 0 Å². The van der Waals surface area contributed by atoms with Crippen LogP contribution in [0.4, 0.5) is 0 Å². The van der Waals surface area contributed by atoms with Crippen LogP contribution in [0.3, 0.4) is 0 Å². The van der Waals surface area contributed by atoms with E-state index >= 15 is 0 Å². The van der Waals surface area contributed by atoms with E-state index < -0.39 is 0 Å². The van der Waals surface area contributed by atoms with Gasteiger partial charge in [-0.25, -0.2) is 0 Å². The molecule has 1 N–H and O–H groups in total. The molecule has 0 saturated carbocycles. The van der Waals surface area contributed by atoms with Gasteiger partial charge in [-0.15, -0.1) is 0 Å². The summed E-state index contributed by atoms with van der Waals surface area (Å²) in [6.45, 7) is 4.81. The fraction of sp³-hybridized carbons (Fsp3) is 0.462. The highest BCUT2D eigenvalue weighted by molar-refractivity contribution is 6.31. The summed E-state index contributed by atoms with van der Waals surface area (Å²) in [5.74, 6) is 0.912. The summed E-state index contributed by atoms with van der Waals surface area (Å²) < 4.78 is 7.39. The van der Waals surface area contributed by atoms with Crippen LogP contribution in [-0.4, -0.2) is 16.8 Å². The number of aryl methyl sites for hydroxylation is 2. The van der Waals surface area contributed by atoms with Gasteiger partial charge in [-0.2, -0.15) is 5.10 Å². The molecule has 0 bridgehead atoms. The maximum atomic E-state index is 6.31. The maximum Gasteiger partial charge on any atom is 0.121 e. The predicted molar refractivity (Wildman–Crippen MR) is 71.9 cm³/mol. The first kappa shape index (κ1) is 13.2. The average Bonchev–Trinajstić information content (AvgIpc) is 2.98. The number of nitrogens with zero attached hydrogens (tertiary/aromatic N) is 2. The van der Waals surface area contributed by atoms with E-state index in [0.717, 1.165) is 35.1 Å². The van der Waals surface area contributed by atoms with Gasteiger partial charge in [-0.1, -0.05) is 11.6 Å². The van der Waals surface area contributed by atoms with Gasteiger partial charge in [0.1, 0.15) is 5.76 Å². The molecule has 0 aromatic carbocycles. The molecule has 0 amide bonds. The summed E-state index contributed by atoms with van der Waals surface area (Å²) in [5.41, 5.74) is 1.93. The van der Waals surface area contributed by atoms with Crippen LogP contribution in [0.25, 0.3) is 0 Å². The van der Waals surface area contributed by atoms with Crippen LogP contribution in [0.5, 0.6) is 0 Å². The second-order valence-electron chi connectivity index (χ2n) is 4.22. The van der Waals surface area contributed by atoms with Crippen LogP contribution < -0.4 is 5.32 Å². The van der Waals surface area contributed by atoms with Crippen LogP contribution in [-0.2, 0) is 13.0 Å². The molecule has 0 saturated heterocycles. The number of aromatic nitrogens is 2. The molecule has 2 aromatic rings. The highest BCUT2D eigenvalue weighted by Crippen LogP contribution is 2.26. The van der Waals surface area contributed by atoms with E-state index in [9.17, 15) is 0 Å². The fourth-order valence-electron chi connectivity index (χ4n) is 2.09. The molecular formula is C13H18ClN3O. The fourth-order valence-corrected chi connectivity index (χ4v) is 2.30. The minimum atomic E-state index is 0.110. The number of hydrogen-bond acceptors (Lipinski definition) is 3. The summed E-state index contributed by atoms with van der Waals surface area (Å²) in [6.07, 6.45) is 2.45. The normalized spacial score (nSPS) is 12.9. The summed E-state index contributed by atoms with van der Waals surface area (Å²) in [6, 6.07) is 3.97. The Morgan fingerprint density at radius 3 is 2.89 bits per heavy atom. The molecule has 4 nitrogen and oxygen atoms in total. The zero-order valence-electron chi connectivity index (χ0n) is 10.9. The first-order chi connectivity index (χ1) is 8.67. The molecule has 5 heteroatoms. The van der Waals surface area contributed by atoms with E-state index in [-0.39, 0.29) is 6.04 Å². The minimum absolute atomic E-state index is 0.110. The van der Waals surface area contributed by atoms with Gasteiger partial charge in [0, 0.05) is 13.0 Å². The molecule has 0 aliphatic rings.